The van der Waals surface area contributed by atoms with Crippen LogP contribution in [-0.4, -0.2) is 58.9 Å². The standard InChI is InChI=1S/C20H25ClN4O3S/c21-19-18(6-5-9-23-19)20(26)24(16-17-7-10-22-11-8-17)14-15-29(27,28)25-12-3-1-2-4-13-25/h5-11H,1-4,12-16H2. The van der Waals surface area contributed by atoms with Gasteiger partial charge in [-0.05, 0) is 42.7 Å². The molecule has 7 nitrogen and oxygen atoms in total. The van der Waals surface area contributed by atoms with Gasteiger partial charge in [0.05, 0.1) is 11.3 Å². The Labute approximate surface area is 176 Å². The van der Waals surface area contributed by atoms with Gasteiger partial charge in [0.25, 0.3) is 5.91 Å². The fraction of sp³-hybridized carbons (Fsp3) is 0.450. The summed E-state index contributed by atoms with van der Waals surface area (Å²) in [6.07, 6.45) is 8.66. The molecule has 0 saturated carbocycles. The van der Waals surface area contributed by atoms with Crippen molar-refractivity contribution in [2.45, 2.75) is 32.2 Å². The van der Waals surface area contributed by atoms with E-state index < -0.39 is 10.0 Å². The summed E-state index contributed by atoms with van der Waals surface area (Å²) in [7, 11) is -3.44. The molecule has 0 aromatic carbocycles. The summed E-state index contributed by atoms with van der Waals surface area (Å²) in [4.78, 5) is 22.6. The number of aromatic nitrogens is 2. The predicted molar refractivity (Wildman–Crippen MR) is 112 cm³/mol. The van der Waals surface area contributed by atoms with E-state index in [1.165, 1.54) is 11.1 Å². The van der Waals surface area contributed by atoms with Gasteiger partial charge in [-0.1, -0.05) is 24.4 Å². The van der Waals surface area contributed by atoms with Gasteiger partial charge >= 0.3 is 0 Å². The lowest BCUT2D eigenvalue weighted by Crippen LogP contribution is -2.40. The Morgan fingerprint density at radius 3 is 2.41 bits per heavy atom. The highest BCUT2D eigenvalue weighted by molar-refractivity contribution is 7.89. The summed E-state index contributed by atoms with van der Waals surface area (Å²) < 4.78 is 27.3. The lowest BCUT2D eigenvalue weighted by Gasteiger charge is -2.25. The molecular formula is C20H25ClN4O3S. The van der Waals surface area contributed by atoms with E-state index in [1.54, 1.807) is 41.0 Å². The molecule has 156 valence electrons. The van der Waals surface area contributed by atoms with Crippen molar-refractivity contribution in [2.75, 3.05) is 25.4 Å². The van der Waals surface area contributed by atoms with E-state index in [4.69, 9.17) is 11.6 Å². The average molecular weight is 437 g/mol. The quantitative estimate of drug-likeness (QED) is 0.623. The van der Waals surface area contributed by atoms with Crippen molar-refractivity contribution in [3.63, 3.8) is 0 Å². The molecule has 1 aliphatic heterocycles. The number of carbonyl (C=O) groups is 1. The molecule has 1 amide bonds. The van der Waals surface area contributed by atoms with Crippen molar-refractivity contribution in [1.29, 1.82) is 0 Å². The van der Waals surface area contributed by atoms with E-state index >= 15 is 0 Å². The van der Waals surface area contributed by atoms with Crippen molar-refractivity contribution in [1.82, 2.24) is 19.2 Å². The average Bonchev–Trinajstić information content (AvgIpc) is 3.02. The van der Waals surface area contributed by atoms with Crippen molar-refractivity contribution < 1.29 is 13.2 Å². The molecule has 9 heteroatoms. The summed E-state index contributed by atoms with van der Waals surface area (Å²) >= 11 is 6.10. The first-order chi connectivity index (χ1) is 14.0. The smallest absolute Gasteiger partial charge is 0.257 e. The van der Waals surface area contributed by atoms with Crippen LogP contribution in [0.1, 0.15) is 41.6 Å². The van der Waals surface area contributed by atoms with Crippen LogP contribution in [0.15, 0.2) is 42.9 Å². The molecule has 3 heterocycles. The zero-order valence-electron chi connectivity index (χ0n) is 16.2. The fourth-order valence-corrected chi connectivity index (χ4v) is 5.08. The van der Waals surface area contributed by atoms with Crippen LogP contribution in [0.3, 0.4) is 0 Å². The third kappa shape index (κ3) is 5.98. The summed E-state index contributed by atoms with van der Waals surface area (Å²) in [6.45, 7) is 1.44. The molecule has 2 aromatic heterocycles. The highest BCUT2D eigenvalue weighted by Gasteiger charge is 2.26. The van der Waals surface area contributed by atoms with E-state index in [9.17, 15) is 13.2 Å². The molecule has 1 fully saturated rings. The first kappa shape index (κ1) is 21.7. The van der Waals surface area contributed by atoms with Gasteiger partial charge in [0.2, 0.25) is 10.0 Å². The number of sulfonamides is 1. The van der Waals surface area contributed by atoms with Gasteiger partial charge in [-0.2, -0.15) is 0 Å². The Morgan fingerprint density at radius 2 is 1.76 bits per heavy atom. The largest absolute Gasteiger partial charge is 0.333 e. The molecule has 1 saturated heterocycles. The molecule has 0 atom stereocenters. The predicted octanol–water partition coefficient (Wildman–Crippen LogP) is 2.98. The summed E-state index contributed by atoms with van der Waals surface area (Å²) in [5.41, 5.74) is 1.12. The highest BCUT2D eigenvalue weighted by Crippen LogP contribution is 2.18. The molecule has 2 aromatic rings. The van der Waals surface area contributed by atoms with E-state index in [1.807, 2.05) is 0 Å². The molecule has 0 N–H and O–H groups in total. The molecule has 0 spiro atoms. The maximum atomic E-state index is 13.1. The maximum Gasteiger partial charge on any atom is 0.257 e. The number of nitrogens with zero attached hydrogens (tertiary/aromatic N) is 4. The molecule has 0 aliphatic carbocycles. The third-order valence-corrected chi connectivity index (χ3v) is 7.13. The normalized spacial score (nSPS) is 15.6. The van der Waals surface area contributed by atoms with Crippen molar-refractivity contribution in [3.8, 4) is 0 Å². The first-order valence-corrected chi connectivity index (χ1v) is 11.7. The molecule has 3 rings (SSSR count). The maximum absolute atomic E-state index is 13.1. The SMILES string of the molecule is O=C(c1cccnc1Cl)N(CCS(=O)(=O)N1CCCCCC1)Cc1ccncc1. The fourth-order valence-electron chi connectivity index (χ4n) is 3.35. The van der Waals surface area contributed by atoms with Gasteiger partial charge in [-0.3, -0.25) is 9.78 Å². The van der Waals surface area contributed by atoms with Gasteiger partial charge in [-0.15, -0.1) is 0 Å². The van der Waals surface area contributed by atoms with E-state index in [2.05, 4.69) is 9.97 Å². The van der Waals surface area contributed by atoms with E-state index in [-0.39, 0.29) is 35.5 Å². The van der Waals surface area contributed by atoms with Gasteiger partial charge in [0.15, 0.2) is 0 Å². The first-order valence-electron chi connectivity index (χ1n) is 9.74. The summed E-state index contributed by atoms with van der Waals surface area (Å²) in [5, 5.41) is 0.104. The number of hydrogen-bond donors (Lipinski definition) is 0. The second-order valence-electron chi connectivity index (χ2n) is 7.05. The second kappa shape index (κ2) is 10.1. The minimum absolute atomic E-state index is 0.0746. The van der Waals surface area contributed by atoms with Crippen LogP contribution in [-0.2, 0) is 16.6 Å². The Hall–Kier alpha value is -2.03. The molecule has 29 heavy (non-hydrogen) atoms. The minimum atomic E-state index is -3.44. The summed E-state index contributed by atoms with van der Waals surface area (Å²) in [5.74, 6) is -0.465. The number of halogens is 1. The molecule has 1 aliphatic rings. The number of hydrogen-bond acceptors (Lipinski definition) is 5. The van der Waals surface area contributed by atoms with Gasteiger partial charge < -0.3 is 4.90 Å². The molecule has 0 unspecified atom stereocenters. The van der Waals surface area contributed by atoms with Gasteiger partial charge in [0.1, 0.15) is 5.15 Å². The lowest BCUT2D eigenvalue weighted by molar-refractivity contribution is 0.0753. The Kier molecular flexibility index (Phi) is 7.57. The number of amides is 1. The second-order valence-corrected chi connectivity index (χ2v) is 9.50. The topological polar surface area (TPSA) is 83.5 Å². The minimum Gasteiger partial charge on any atom is -0.333 e. The number of carbonyl (C=O) groups excluding carboxylic acids is 1. The van der Waals surface area contributed by atoms with Crippen LogP contribution < -0.4 is 0 Å². The van der Waals surface area contributed by atoms with Crippen molar-refractivity contribution in [2.24, 2.45) is 0 Å². The van der Waals surface area contributed by atoms with Crippen molar-refractivity contribution in [3.05, 3.63) is 59.1 Å². The van der Waals surface area contributed by atoms with Gasteiger partial charge in [-0.25, -0.2) is 17.7 Å². The number of pyridine rings is 2. The zero-order chi connectivity index (χ0) is 20.7. The van der Waals surface area contributed by atoms with E-state index in [0.717, 1.165) is 31.2 Å². The number of rotatable bonds is 7. The monoisotopic (exact) mass is 436 g/mol. The van der Waals surface area contributed by atoms with E-state index in [0.29, 0.717) is 13.1 Å². The zero-order valence-corrected chi connectivity index (χ0v) is 17.8. The Morgan fingerprint density at radius 1 is 1.07 bits per heavy atom. The third-order valence-electron chi connectivity index (χ3n) is 4.98. The van der Waals surface area contributed by atoms with Crippen LogP contribution in [0.2, 0.25) is 5.15 Å². The van der Waals surface area contributed by atoms with Crippen LogP contribution >= 0.6 is 11.6 Å². The lowest BCUT2D eigenvalue weighted by atomic mass is 10.2. The van der Waals surface area contributed by atoms with Crippen LogP contribution in [0.5, 0.6) is 0 Å². The molecule has 0 bridgehead atoms. The van der Waals surface area contributed by atoms with Gasteiger partial charge in [0, 0.05) is 44.8 Å². The Bertz CT molecular complexity index is 916. The van der Waals surface area contributed by atoms with Crippen LogP contribution in [0, 0.1) is 0 Å². The molecular weight excluding hydrogens is 412 g/mol. The van der Waals surface area contributed by atoms with Crippen molar-refractivity contribution >= 4 is 27.5 Å². The molecule has 0 radical (unpaired) electrons. The summed E-state index contributed by atoms with van der Waals surface area (Å²) in [6, 6.07) is 6.83. The van der Waals surface area contributed by atoms with Crippen LogP contribution in [0.25, 0.3) is 0 Å². The highest BCUT2D eigenvalue weighted by atomic mass is 35.5. The van der Waals surface area contributed by atoms with Crippen LogP contribution in [0.4, 0.5) is 0 Å². The Balaban J connectivity index is 1.77.